The molecule has 16 heavy (non-hydrogen) atoms. The molecule has 0 unspecified atom stereocenters. The lowest BCUT2D eigenvalue weighted by Gasteiger charge is -2.18. The van der Waals surface area contributed by atoms with Gasteiger partial charge < -0.3 is 5.32 Å². The van der Waals surface area contributed by atoms with E-state index in [1.807, 2.05) is 32.9 Å². The largest absolute Gasteiger partial charge is 0.350 e. The minimum Gasteiger partial charge on any atom is -0.350 e. The van der Waals surface area contributed by atoms with Crippen molar-refractivity contribution < 1.29 is 4.79 Å². The molecule has 1 N–H and O–H groups in total. The standard InChI is InChI=1S/C13H20N2O/c1-5-10-7-6-8-14-11(10)9-15-12(16)13(2,3)4/h6-8H,5,9H2,1-4H3,(H,15,16). The first-order valence-corrected chi connectivity index (χ1v) is 5.66. The van der Waals surface area contributed by atoms with Crippen molar-refractivity contribution in [3.63, 3.8) is 0 Å². The molecule has 1 rings (SSSR count). The van der Waals surface area contributed by atoms with Crippen molar-refractivity contribution in [3.8, 4) is 0 Å². The molecule has 1 heterocycles. The molecule has 1 aromatic heterocycles. The number of pyridine rings is 1. The molecular weight excluding hydrogens is 200 g/mol. The highest BCUT2D eigenvalue weighted by atomic mass is 16.2. The minimum atomic E-state index is -0.346. The maximum atomic E-state index is 11.7. The molecule has 0 aliphatic carbocycles. The summed E-state index contributed by atoms with van der Waals surface area (Å²) in [5.41, 5.74) is 1.81. The number of aryl methyl sites for hydroxylation is 1. The molecule has 3 heteroatoms. The molecule has 0 atom stereocenters. The first-order chi connectivity index (χ1) is 7.45. The van der Waals surface area contributed by atoms with Crippen molar-refractivity contribution >= 4 is 5.91 Å². The molecule has 0 saturated carbocycles. The van der Waals surface area contributed by atoms with Gasteiger partial charge in [0.05, 0.1) is 12.2 Å². The van der Waals surface area contributed by atoms with E-state index in [1.165, 1.54) is 5.56 Å². The average Bonchev–Trinajstić information content (AvgIpc) is 2.24. The molecular formula is C13H20N2O. The van der Waals surface area contributed by atoms with E-state index in [0.29, 0.717) is 6.54 Å². The number of aromatic nitrogens is 1. The smallest absolute Gasteiger partial charge is 0.225 e. The van der Waals surface area contributed by atoms with Gasteiger partial charge in [-0.2, -0.15) is 0 Å². The van der Waals surface area contributed by atoms with Gasteiger partial charge in [-0.1, -0.05) is 33.8 Å². The zero-order valence-corrected chi connectivity index (χ0v) is 10.5. The normalized spacial score (nSPS) is 11.2. The predicted octanol–water partition coefficient (Wildman–Crippen LogP) is 2.31. The van der Waals surface area contributed by atoms with Gasteiger partial charge in [-0.05, 0) is 18.1 Å². The second kappa shape index (κ2) is 5.10. The number of rotatable bonds is 3. The van der Waals surface area contributed by atoms with Gasteiger partial charge in [0, 0.05) is 11.6 Å². The third-order valence-electron chi connectivity index (χ3n) is 2.46. The Balaban J connectivity index is 2.65. The van der Waals surface area contributed by atoms with Crippen molar-refractivity contribution in [2.24, 2.45) is 5.41 Å². The van der Waals surface area contributed by atoms with Crippen LogP contribution >= 0.6 is 0 Å². The molecule has 0 fully saturated rings. The Morgan fingerprint density at radius 2 is 2.12 bits per heavy atom. The lowest BCUT2D eigenvalue weighted by Crippen LogP contribution is -2.34. The van der Waals surface area contributed by atoms with Gasteiger partial charge in [0.15, 0.2) is 0 Å². The number of carbonyl (C=O) groups is 1. The van der Waals surface area contributed by atoms with Crippen molar-refractivity contribution in [2.75, 3.05) is 0 Å². The van der Waals surface area contributed by atoms with Crippen LogP contribution in [-0.4, -0.2) is 10.9 Å². The summed E-state index contributed by atoms with van der Waals surface area (Å²) >= 11 is 0. The first-order valence-electron chi connectivity index (χ1n) is 5.66. The second-order valence-electron chi connectivity index (χ2n) is 4.90. The summed E-state index contributed by atoms with van der Waals surface area (Å²) in [6.45, 7) is 8.32. The molecule has 0 spiro atoms. The van der Waals surface area contributed by atoms with Gasteiger partial charge in [0.1, 0.15) is 0 Å². The number of hydrogen-bond acceptors (Lipinski definition) is 2. The highest BCUT2D eigenvalue weighted by molar-refractivity contribution is 5.81. The van der Waals surface area contributed by atoms with Crippen LogP contribution in [0.3, 0.4) is 0 Å². The van der Waals surface area contributed by atoms with Crippen LogP contribution in [0.25, 0.3) is 0 Å². The van der Waals surface area contributed by atoms with Gasteiger partial charge in [-0.25, -0.2) is 0 Å². The monoisotopic (exact) mass is 220 g/mol. The second-order valence-corrected chi connectivity index (χ2v) is 4.90. The molecule has 88 valence electrons. The van der Waals surface area contributed by atoms with Crippen molar-refractivity contribution in [3.05, 3.63) is 29.6 Å². The Morgan fingerprint density at radius 1 is 1.44 bits per heavy atom. The summed E-state index contributed by atoms with van der Waals surface area (Å²) in [4.78, 5) is 16.0. The van der Waals surface area contributed by atoms with Gasteiger partial charge >= 0.3 is 0 Å². The first kappa shape index (κ1) is 12.7. The van der Waals surface area contributed by atoms with Crippen molar-refractivity contribution in [1.29, 1.82) is 0 Å². The van der Waals surface area contributed by atoms with E-state index in [1.54, 1.807) is 6.20 Å². The molecule has 0 aromatic carbocycles. The Bertz CT molecular complexity index is 366. The highest BCUT2D eigenvalue weighted by Gasteiger charge is 2.20. The van der Waals surface area contributed by atoms with Crippen LogP contribution < -0.4 is 5.32 Å². The lowest BCUT2D eigenvalue weighted by molar-refractivity contribution is -0.128. The van der Waals surface area contributed by atoms with Crippen LogP contribution in [-0.2, 0) is 17.8 Å². The Kier molecular flexibility index (Phi) is 4.05. The molecule has 0 saturated heterocycles. The molecule has 3 nitrogen and oxygen atoms in total. The van der Waals surface area contributed by atoms with Crippen LogP contribution in [0.5, 0.6) is 0 Å². The maximum absolute atomic E-state index is 11.7. The van der Waals surface area contributed by atoms with E-state index in [0.717, 1.165) is 12.1 Å². The summed E-state index contributed by atoms with van der Waals surface area (Å²) in [5, 5.41) is 2.91. The molecule has 0 aliphatic heterocycles. The zero-order chi connectivity index (χ0) is 12.2. The fourth-order valence-corrected chi connectivity index (χ4v) is 1.38. The van der Waals surface area contributed by atoms with Gasteiger partial charge in [-0.15, -0.1) is 0 Å². The molecule has 1 amide bonds. The Labute approximate surface area is 97.3 Å². The third-order valence-corrected chi connectivity index (χ3v) is 2.46. The zero-order valence-electron chi connectivity index (χ0n) is 10.5. The van der Waals surface area contributed by atoms with E-state index < -0.39 is 0 Å². The van der Waals surface area contributed by atoms with Gasteiger partial charge in [0.25, 0.3) is 0 Å². The summed E-state index contributed by atoms with van der Waals surface area (Å²) in [7, 11) is 0. The number of carbonyl (C=O) groups excluding carboxylic acids is 1. The quantitative estimate of drug-likeness (QED) is 0.849. The summed E-state index contributed by atoms with van der Waals surface area (Å²) < 4.78 is 0. The van der Waals surface area contributed by atoms with Crippen LogP contribution in [0.15, 0.2) is 18.3 Å². The maximum Gasteiger partial charge on any atom is 0.225 e. The SMILES string of the molecule is CCc1cccnc1CNC(=O)C(C)(C)C. The molecule has 0 radical (unpaired) electrons. The number of amides is 1. The van der Waals surface area contributed by atoms with E-state index in [9.17, 15) is 4.79 Å². The predicted molar refractivity (Wildman–Crippen MR) is 64.9 cm³/mol. The van der Waals surface area contributed by atoms with Crippen LogP contribution in [0.2, 0.25) is 0 Å². The molecule has 0 aliphatic rings. The molecule has 0 bridgehead atoms. The third kappa shape index (κ3) is 3.33. The number of nitrogens with one attached hydrogen (secondary N) is 1. The Morgan fingerprint density at radius 3 is 2.69 bits per heavy atom. The molecule has 1 aromatic rings. The number of nitrogens with zero attached hydrogens (tertiary/aromatic N) is 1. The minimum absolute atomic E-state index is 0.0557. The van der Waals surface area contributed by atoms with Crippen molar-refractivity contribution in [2.45, 2.75) is 40.7 Å². The highest BCUT2D eigenvalue weighted by Crippen LogP contribution is 2.13. The topological polar surface area (TPSA) is 42.0 Å². The van der Waals surface area contributed by atoms with E-state index in [4.69, 9.17) is 0 Å². The fraction of sp³-hybridized carbons (Fsp3) is 0.538. The fourth-order valence-electron chi connectivity index (χ4n) is 1.38. The van der Waals surface area contributed by atoms with E-state index >= 15 is 0 Å². The van der Waals surface area contributed by atoms with Crippen LogP contribution in [0.1, 0.15) is 39.0 Å². The Hall–Kier alpha value is -1.38. The van der Waals surface area contributed by atoms with Crippen LogP contribution in [0.4, 0.5) is 0 Å². The summed E-state index contributed by atoms with van der Waals surface area (Å²) in [6.07, 6.45) is 2.70. The average molecular weight is 220 g/mol. The summed E-state index contributed by atoms with van der Waals surface area (Å²) in [6, 6.07) is 3.97. The summed E-state index contributed by atoms with van der Waals surface area (Å²) in [5.74, 6) is 0.0557. The van der Waals surface area contributed by atoms with Gasteiger partial charge in [-0.3, -0.25) is 9.78 Å². The van der Waals surface area contributed by atoms with Gasteiger partial charge in [0.2, 0.25) is 5.91 Å². The lowest BCUT2D eigenvalue weighted by atomic mass is 9.95. The number of hydrogen-bond donors (Lipinski definition) is 1. The van der Waals surface area contributed by atoms with E-state index in [-0.39, 0.29) is 11.3 Å². The van der Waals surface area contributed by atoms with Crippen LogP contribution in [0, 0.1) is 5.41 Å². The van der Waals surface area contributed by atoms with Crippen molar-refractivity contribution in [1.82, 2.24) is 10.3 Å². The van der Waals surface area contributed by atoms with E-state index in [2.05, 4.69) is 17.2 Å².